The molecule has 0 aliphatic rings. The first-order valence-corrected chi connectivity index (χ1v) is 6.99. The summed E-state index contributed by atoms with van der Waals surface area (Å²) in [5, 5.41) is 12.1. The molecule has 0 aromatic carbocycles. The van der Waals surface area contributed by atoms with Crippen molar-refractivity contribution < 1.29 is 19.1 Å². The van der Waals surface area contributed by atoms with Gasteiger partial charge in [0.2, 0.25) is 11.8 Å². The molecule has 0 atom stereocenters. The smallest absolute Gasteiger partial charge is 0.225 e. The minimum atomic E-state index is -0.183. The SMILES string of the molecule is C=CCCC(=O)NCCOCCOCCNC(=O)CC=N. The maximum atomic E-state index is 11.2. The van der Waals surface area contributed by atoms with E-state index in [1.165, 1.54) is 0 Å². The zero-order valence-electron chi connectivity index (χ0n) is 12.4. The Kier molecular flexibility index (Phi) is 13.5. The molecule has 0 rings (SSSR count). The molecule has 120 valence electrons. The van der Waals surface area contributed by atoms with Gasteiger partial charge in [-0.05, 0) is 6.42 Å². The Bertz CT molecular complexity index is 321. The van der Waals surface area contributed by atoms with E-state index in [0.717, 1.165) is 6.21 Å². The lowest BCUT2D eigenvalue weighted by molar-refractivity contribution is -0.121. The Balaban J connectivity index is 3.18. The summed E-state index contributed by atoms with van der Waals surface area (Å²) in [7, 11) is 0. The molecule has 0 unspecified atom stereocenters. The molecule has 0 aliphatic carbocycles. The third kappa shape index (κ3) is 14.5. The van der Waals surface area contributed by atoms with E-state index in [1.54, 1.807) is 6.08 Å². The average molecular weight is 299 g/mol. The summed E-state index contributed by atoms with van der Waals surface area (Å²) >= 11 is 0. The molecule has 0 saturated heterocycles. The summed E-state index contributed by atoms with van der Waals surface area (Å²) in [6, 6.07) is 0. The predicted molar refractivity (Wildman–Crippen MR) is 80.5 cm³/mol. The molecule has 7 heteroatoms. The molecule has 0 aliphatic heterocycles. The maximum Gasteiger partial charge on any atom is 0.225 e. The van der Waals surface area contributed by atoms with Gasteiger partial charge in [-0.15, -0.1) is 6.58 Å². The van der Waals surface area contributed by atoms with Crippen molar-refractivity contribution in [1.29, 1.82) is 5.41 Å². The third-order valence-electron chi connectivity index (χ3n) is 2.37. The van der Waals surface area contributed by atoms with E-state index in [2.05, 4.69) is 17.2 Å². The number of carbonyl (C=O) groups excluding carboxylic acids is 2. The van der Waals surface area contributed by atoms with Crippen LogP contribution >= 0.6 is 0 Å². The second-order valence-corrected chi connectivity index (χ2v) is 4.16. The fourth-order valence-corrected chi connectivity index (χ4v) is 1.33. The second kappa shape index (κ2) is 14.7. The minimum absolute atomic E-state index is 0.00424. The first-order valence-electron chi connectivity index (χ1n) is 6.99. The molecule has 21 heavy (non-hydrogen) atoms. The van der Waals surface area contributed by atoms with E-state index in [-0.39, 0.29) is 18.2 Å². The van der Waals surface area contributed by atoms with Gasteiger partial charge < -0.3 is 25.5 Å². The third-order valence-corrected chi connectivity index (χ3v) is 2.37. The van der Waals surface area contributed by atoms with Crippen LogP contribution in [0.1, 0.15) is 19.3 Å². The van der Waals surface area contributed by atoms with Gasteiger partial charge in [-0.3, -0.25) is 9.59 Å². The van der Waals surface area contributed by atoms with Gasteiger partial charge in [0, 0.05) is 25.7 Å². The molecule has 7 nitrogen and oxygen atoms in total. The van der Waals surface area contributed by atoms with Crippen molar-refractivity contribution in [1.82, 2.24) is 10.6 Å². The highest BCUT2D eigenvalue weighted by molar-refractivity contribution is 5.88. The van der Waals surface area contributed by atoms with Gasteiger partial charge >= 0.3 is 0 Å². The van der Waals surface area contributed by atoms with E-state index in [9.17, 15) is 9.59 Å². The van der Waals surface area contributed by atoms with Gasteiger partial charge in [-0.1, -0.05) is 6.08 Å². The van der Waals surface area contributed by atoms with E-state index in [4.69, 9.17) is 14.9 Å². The van der Waals surface area contributed by atoms with Crippen molar-refractivity contribution in [3.63, 3.8) is 0 Å². The molecule has 2 amide bonds. The van der Waals surface area contributed by atoms with Crippen molar-refractivity contribution in [2.75, 3.05) is 39.5 Å². The molecule has 0 saturated carbocycles. The first kappa shape index (κ1) is 19.3. The van der Waals surface area contributed by atoms with E-state index >= 15 is 0 Å². The van der Waals surface area contributed by atoms with Gasteiger partial charge in [-0.2, -0.15) is 0 Å². The molecule has 0 bridgehead atoms. The summed E-state index contributed by atoms with van der Waals surface area (Å²) in [5.74, 6) is -0.188. The zero-order valence-corrected chi connectivity index (χ0v) is 12.4. The number of carbonyl (C=O) groups is 2. The van der Waals surface area contributed by atoms with Crippen molar-refractivity contribution in [3.05, 3.63) is 12.7 Å². The average Bonchev–Trinajstić information content (AvgIpc) is 2.47. The Labute approximate surface area is 125 Å². The van der Waals surface area contributed by atoms with E-state index in [1.807, 2.05) is 0 Å². The number of amides is 2. The standard InChI is InChI=1S/C14H25N3O4/c1-2-3-4-13(18)16-7-9-20-11-12-21-10-8-17-14(19)5-6-15/h2,6,15H,1,3-5,7-12H2,(H,16,18)(H,17,19). The van der Waals surface area contributed by atoms with Crippen LogP contribution in [0.15, 0.2) is 12.7 Å². The Morgan fingerprint density at radius 2 is 1.57 bits per heavy atom. The van der Waals surface area contributed by atoms with Gasteiger partial charge in [0.15, 0.2) is 0 Å². The molecular weight excluding hydrogens is 274 g/mol. The summed E-state index contributed by atoms with van der Waals surface area (Å²) < 4.78 is 10.5. The lowest BCUT2D eigenvalue weighted by atomic mass is 10.3. The van der Waals surface area contributed by atoms with Crippen LogP contribution in [0.4, 0.5) is 0 Å². The molecular formula is C14H25N3O4. The topological polar surface area (TPSA) is 101 Å². The van der Waals surface area contributed by atoms with Crippen LogP contribution in [0.2, 0.25) is 0 Å². The molecule has 0 aromatic rings. The molecule has 0 radical (unpaired) electrons. The van der Waals surface area contributed by atoms with Crippen LogP contribution in [-0.2, 0) is 19.1 Å². The highest BCUT2D eigenvalue weighted by atomic mass is 16.5. The van der Waals surface area contributed by atoms with Crippen LogP contribution in [0, 0.1) is 5.41 Å². The number of allylic oxidation sites excluding steroid dienone is 1. The Morgan fingerprint density at radius 3 is 2.10 bits per heavy atom. The minimum Gasteiger partial charge on any atom is -0.377 e. The Hall–Kier alpha value is -1.73. The van der Waals surface area contributed by atoms with E-state index < -0.39 is 0 Å². The van der Waals surface area contributed by atoms with Gasteiger partial charge in [0.05, 0.1) is 32.8 Å². The Morgan fingerprint density at radius 1 is 1.00 bits per heavy atom. The quantitative estimate of drug-likeness (QED) is 0.243. The van der Waals surface area contributed by atoms with Crippen molar-refractivity contribution in [2.24, 2.45) is 0 Å². The maximum absolute atomic E-state index is 11.2. The molecule has 0 aromatic heterocycles. The molecule has 0 spiro atoms. The molecule has 3 N–H and O–H groups in total. The van der Waals surface area contributed by atoms with Crippen LogP contribution in [-0.4, -0.2) is 57.5 Å². The summed E-state index contributed by atoms with van der Waals surface area (Å²) in [6.07, 6.45) is 4.00. The second-order valence-electron chi connectivity index (χ2n) is 4.16. The fourth-order valence-electron chi connectivity index (χ4n) is 1.33. The fraction of sp³-hybridized carbons (Fsp3) is 0.643. The van der Waals surface area contributed by atoms with Crippen molar-refractivity contribution in [2.45, 2.75) is 19.3 Å². The van der Waals surface area contributed by atoms with Crippen molar-refractivity contribution in [3.8, 4) is 0 Å². The number of hydrogen-bond acceptors (Lipinski definition) is 5. The van der Waals surface area contributed by atoms with Gasteiger partial charge in [0.25, 0.3) is 0 Å². The van der Waals surface area contributed by atoms with Crippen molar-refractivity contribution >= 4 is 18.0 Å². The summed E-state index contributed by atoms with van der Waals surface area (Å²) in [4.78, 5) is 22.2. The number of hydrogen-bond donors (Lipinski definition) is 3. The summed E-state index contributed by atoms with van der Waals surface area (Å²) in [5.41, 5.74) is 0. The normalized spacial score (nSPS) is 9.90. The largest absolute Gasteiger partial charge is 0.377 e. The zero-order chi connectivity index (χ0) is 15.8. The highest BCUT2D eigenvalue weighted by Gasteiger charge is 1.98. The van der Waals surface area contributed by atoms with Gasteiger partial charge in [0.1, 0.15) is 0 Å². The lowest BCUT2D eigenvalue weighted by Crippen LogP contribution is -2.28. The lowest BCUT2D eigenvalue weighted by Gasteiger charge is -2.07. The number of rotatable bonds is 14. The van der Waals surface area contributed by atoms with E-state index in [0.29, 0.717) is 52.4 Å². The van der Waals surface area contributed by atoms with Crippen LogP contribution in [0.3, 0.4) is 0 Å². The summed E-state index contributed by atoms with van der Waals surface area (Å²) in [6.45, 7) is 6.18. The van der Waals surface area contributed by atoms with Crippen LogP contribution in [0.25, 0.3) is 0 Å². The highest BCUT2D eigenvalue weighted by Crippen LogP contribution is 1.88. The number of ether oxygens (including phenoxy) is 2. The van der Waals surface area contributed by atoms with Crippen LogP contribution < -0.4 is 10.6 Å². The molecule has 0 heterocycles. The van der Waals surface area contributed by atoms with Crippen LogP contribution in [0.5, 0.6) is 0 Å². The monoisotopic (exact) mass is 299 g/mol. The number of nitrogens with one attached hydrogen (secondary N) is 3. The van der Waals surface area contributed by atoms with Gasteiger partial charge in [-0.25, -0.2) is 0 Å². The first-order chi connectivity index (χ1) is 10.2. The predicted octanol–water partition coefficient (Wildman–Crippen LogP) is 0.258. The molecule has 0 fully saturated rings.